The van der Waals surface area contributed by atoms with Gasteiger partial charge in [-0.2, -0.15) is 28.2 Å². The van der Waals surface area contributed by atoms with Crippen LogP contribution < -0.4 is 4.18 Å². The number of hydrogen-bond donors (Lipinski definition) is 1. The second-order valence-corrected chi connectivity index (χ2v) is 20.2. The molecule has 2 atom stereocenters. The van der Waals surface area contributed by atoms with Gasteiger partial charge in [0.15, 0.2) is 0 Å². The maximum absolute atomic E-state index is 12.8. The molecule has 0 aliphatic heterocycles. The molecule has 0 aromatic heterocycles. The molecule has 6 aromatic carbocycles. The van der Waals surface area contributed by atoms with Crippen LogP contribution in [-0.2, 0) is 38.8 Å². The number of phenols is 1. The third kappa shape index (κ3) is 13.7. The molecule has 0 saturated heterocycles. The average Bonchev–Trinajstić information content (AvgIpc) is 3.14. The van der Waals surface area contributed by atoms with Crippen molar-refractivity contribution in [2.45, 2.75) is 57.1 Å². The van der Waals surface area contributed by atoms with Crippen LogP contribution in [0.15, 0.2) is 175 Å². The number of aromatic hydroxyl groups is 1. The van der Waals surface area contributed by atoms with Crippen molar-refractivity contribution in [1.29, 1.82) is 0 Å². The van der Waals surface area contributed by atoms with Crippen molar-refractivity contribution in [2.24, 2.45) is 0 Å². The number of hydrogen-bond acceptors (Lipinski definition) is 10. The van der Waals surface area contributed by atoms with Gasteiger partial charge < -0.3 is 9.29 Å². The van der Waals surface area contributed by atoms with E-state index in [-0.39, 0.29) is 54.9 Å². The van der Waals surface area contributed by atoms with Crippen molar-refractivity contribution in [1.82, 2.24) is 0 Å². The van der Waals surface area contributed by atoms with E-state index in [9.17, 15) is 33.7 Å². The zero-order chi connectivity index (χ0) is 40.6. The zero-order valence-corrected chi connectivity index (χ0v) is 38.3. The first-order chi connectivity index (χ1) is 25.7. The molecule has 0 spiro atoms. The van der Waals surface area contributed by atoms with E-state index in [1.807, 2.05) is 39.8 Å². The van der Waals surface area contributed by atoms with Crippen molar-refractivity contribution in [3.63, 3.8) is 0 Å². The molecule has 0 fully saturated rings. The van der Waals surface area contributed by atoms with Crippen molar-refractivity contribution in [3.8, 4) is 11.5 Å². The van der Waals surface area contributed by atoms with Crippen molar-refractivity contribution >= 4 is 69.3 Å². The van der Waals surface area contributed by atoms with E-state index in [4.69, 9.17) is 20.0 Å². The molecule has 0 saturated carbocycles. The second kappa shape index (κ2) is 20.5. The van der Waals surface area contributed by atoms with E-state index in [0.29, 0.717) is 5.75 Å². The lowest BCUT2D eigenvalue weighted by atomic mass is 10.2. The lowest BCUT2D eigenvalue weighted by molar-refractivity contribution is 0.475. The lowest BCUT2D eigenvalue weighted by Crippen LogP contribution is -2.11. The van der Waals surface area contributed by atoms with Gasteiger partial charge in [0.2, 0.25) is 19.7 Å². The van der Waals surface area contributed by atoms with Crippen LogP contribution in [0, 0.1) is 27.7 Å². The van der Waals surface area contributed by atoms with E-state index in [2.05, 4.69) is 0 Å². The SMILES string of the molecule is Cc1ccc(O)cc1.Cc1ccc(OS(=O)(=O)c2cccc(S(=O)(=O)c3ccc(C)cc3)c2)cc1.Cc1ccc(S(=O)(=O)c2cccc(S(=O)(=O)Cl)c2)cc1.P.P. The van der Waals surface area contributed by atoms with Gasteiger partial charge in [-0.15, -0.1) is 0 Å². The number of halogens is 1. The van der Waals surface area contributed by atoms with Gasteiger partial charge in [0.1, 0.15) is 16.4 Å². The molecular weight excluding hydrogens is 866 g/mol. The summed E-state index contributed by atoms with van der Waals surface area (Å²) in [5, 5.41) is 8.76. The number of benzene rings is 6. The van der Waals surface area contributed by atoms with E-state index in [1.54, 1.807) is 60.7 Å². The molecule has 0 aliphatic carbocycles. The number of rotatable bonds is 8. The Morgan fingerprint density at radius 2 is 0.737 bits per heavy atom. The van der Waals surface area contributed by atoms with Crippen LogP contribution in [0.1, 0.15) is 22.3 Å². The summed E-state index contributed by atoms with van der Waals surface area (Å²) in [5.74, 6) is 0.489. The third-order valence-corrected chi connectivity index (χ3v) is 13.9. The molecule has 10 nitrogen and oxygen atoms in total. The first kappa shape index (κ1) is 49.0. The van der Waals surface area contributed by atoms with Crippen molar-refractivity contribution in [2.75, 3.05) is 0 Å². The molecule has 0 heterocycles. The van der Waals surface area contributed by atoms with Gasteiger partial charge in [0, 0.05) is 10.7 Å². The number of sulfone groups is 2. The van der Waals surface area contributed by atoms with Gasteiger partial charge in [-0.25, -0.2) is 25.3 Å². The van der Waals surface area contributed by atoms with E-state index < -0.39 is 38.8 Å². The fraction of sp³-hybridized carbons (Fsp3) is 0.100. The molecule has 6 rings (SSSR count). The highest BCUT2D eigenvalue weighted by Crippen LogP contribution is 2.27. The van der Waals surface area contributed by atoms with E-state index in [0.717, 1.165) is 28.8 Å². The van der Waals surface area contributed by atoms with Gasteiger partial charge >= 0.3 is 10.1 Å². The van der Waals surface area contributed by atoms with E-state index in [1.165, 1.54) is 66.2 Å². The Kier molecular flexibility index (Phi) is 17.6. The Balaban J connectivity index is 0.000000328. The Labute approximate surface area is 346 Å². The minimum Gasteiger partial charge on any atom is -0.508 e. The van der Waals surface area contributed by atoms with Crippen LogP contribution in [0.5, 0.6) is 11.5 Å². The predicted molar refractivity (Wildman–Crippen MR) is 233 cm³/mol. The summed E-state index contributed by atoms with van der Waals surface area (Å²) < 4.78 is 103. The van der Waals surface area contributed by atoms with Crippen molar-refractivity contribution < 1.29 is 43.0 Å². The molecule has 0 bridgehead atoms. The molecule has 0 radical (unpaired) electrons. The summed E-state index contributed by atoms with van der Waals surface area (Å²) >= 11 is 0. The fourth-order valence-corrected chi connectivity index (χ4v) is 9.15. The van der Waals surface area contributed by atoms with Gasteiger partial charge in [0.25, 0.3) is 9.05 Å². The van der Waals surface area contributed by atoms with Crippen LogP contribution in [-0.4, -0.2) is 38.8 Å². The normalized spacial score (nSPS) is 11.2. The second-order valence-electron chi connectivity index (χ2n) is 12.2. The molecular formula is C40H43ClO10P2S4. The molecule has 17 heteroatoms. The highest BCUT2D eigenvalue weighted by molar-refractivity contribution is 8.13. The summed E-state index contributed by atoms with van der Waals surface area (Å²) in [6.45, 7) is 7.56. The van der Waals surface area contributed by atoms with Gasteiger partial charge in [-0.3, -0.25) is 0 Å². The first-order valence-corrected chi connectivity index (χ1v) is 22.9. The summed E-state index contributed by atoms with van der Waals surface area (Å²) in [6, 6.07) is 36.4. The monoisotopic (exact) mass is 908 g/mol. The van der Waals surface area contributed by atoms with Crippen molar-refractivity contribution in [3.05, 3.63) is 168 Å². The molecule has 6 aromatic rings. The van der Waals surface area contributed by atoms with Gasteiger partial charge in [-0.1, -0.05) is 82.9 Å². The molecule has 2 unspecified atom stereocenters. The maximum atomic E-state index is 12.8. The average molecular weight is 909 g/mol. The number of aryl methyl sites for hydroxylation is 4. The molecule has 0 amide bonds. The highest BCUT2D eigenvalue weighted by atomic mass is 35.7. The lowest BCUT2D eigenvalue weighted by Gasteiger charge is -2.09. The molecule has 57 heavy (non-hydrogen) atoms. The molecule has 1 N–H and O–H groups in total. The predicted octanol–water partition coefficient (Wildman–Crippen LogP) is 8.48. The van der Waals surface area contributed by atoms with Crippen LogP contribution in [0.4, 0.5) is 0 Å². The minimum absolute atomic E-state index is 0. The molecule has 0 aliphatic rings. The topological polar surface area (TPSA) is 166 Å². The van der Waals surface area contributed by atoms with Crippen LogP contribution in [0.25, 0.3) is 0 Å². The highest BCUT2D eigenvalue weighted by Gasteiger charge is 2.23. The maximum Gasteiger partial charge on any atom is 0.339 e. The van der Waals surface area contributed by atoms with Gasteiger partial charge in [-0.05, 0) is 113 Å². The van der Waals surface area contributed by atoms with Crippen LogP contribution in [0.3, 0.4) is 0 Å². The summed E-state index contributed by atoms with van der Waals surface area (Å²) in [7, 11) is -10.5. The summed E-state index contributed by atoms with van der Waals surface area (Å²) in [4.78, 5) is -0.485. The Bertz CT molecular complexity index is 2690. The van der Waals surface area contributed by atoms with E-state index >= 15 is 0 Å². The largest absolute Gasteiger partial charge is 0.508 e. The van der Waals surface area contributed by atoms with Gasteiger partial charge in [0.05, 0.1) is 24.5 Å². The fourth-order valence-electron chi connectivity index (χ4n) is 4.61. The standard InChI is InChI=1S/C20H18O5S2.C13H11ClO4S2.C7H8O.2H3P/c1-15-6-10-17(11-7-15)25-27(23,24)20-5-3-4-19(14-20)26(21,22)18-12-8-16(2)9-13-18;1-10-5-7-11(8-6-10)19(15,16)12-3-2-4-13(9-12)20(14,17)18;1-6-2-4-7(8)5-3-6;;/h3-14H,1-2H3;2-9H,1H3;2-5,8H,1H3;2*1H3. The number of phenolic OH excluding ortho intramolecular Hbond substituents is 1. The summed E-state index contributed by atoms with van der Waals surface area (Å²) in [6.07, 6.45) is 0. The summed E-state index contributed by atoms with van der Waals surface area (Å²) in [5.41, 5.74) is 3.99. The minimum atomic E-state index is -4.16. The third-order valence-electron chi connectivity index (χ3n) is 7.73. The zero-order valence-electron chi connectivity index (χ0n) is 31.4. The Hall–Kier alpha value is -4.13. The van der Waals surface area contributed by atoms with Crippen LogP contribution >= 0.6 is 30.5 Å². The first-order valence-electron chi connectivity index (χ1n) is 16.2. The smallest absolute Gasteiger partial charge is 0.339 e. The Morgan fingerprint density at radius 1 is 0.421 bits per heavy atom. The quantitative estimate of drug-likeness (QED) is 0.0890. The molecule has 304 valence electrons. The van der Waals surface area contributed by atoms with Crippen LogP contribution in [0.2, 0.25) is 0 Å². The Morgan fingerprint density at radius 3 is 1.11 bits per heavy atom.